The van der Waals surface area contributed by atoms with Gasteiger partial charge >= 0.3 is 0 Å². The zero-order valence-electron chi connectivity index (χ0n) is 16.0. The van der Waals surface area contributed by atoms with Crippen molar-refractivity contribution in [3.8, 4) is 11.1 Å². The Morgan fingerprint density at radius 3 is 3.00 bits per heavy atom. The van der Waals surface area contributed by atoms with Gasteiger partial charge in [-0.25, -0.2) is 9.50 Å². The predicted molar refractivity (Wildman–Crippen MR) is 109 cm³/mol. The van der Waals surface area contributed by atoms with Gasteiger partial charge in [0.15, 0.2) is 0 Å². The molecule has 1 saturated heterocycles. The summed E-state index contributed by atoms with van der Waals surface area (Å²) >= 11 is 0. The molecule has 0 radical (unpaired) electrons. The summed E-state index contributed by atoms with van der Waals surface area (Å²) in [5.74, 6) is 0.453. The van der Waals surface area contributed by atoms with Crippen LogP contribution >= 0.6 is 0 Å². The van der Waals surface area contributed by atoms with E-state index in [0.29, 0.717) is 24.7 Å². The minimum atomic E-state index is -0.107. The van der Waals surface area contributed by atoms with Crippen molar-refractivity contribution < 1.29 is 9.53 Å². The first-order chi connectivity index (χ1) is 14.2. The lowest BCUT2D eigenvalue weighted by atomic mass is 10.1. The molecule has 0 aromatic carbocycles. The molecule has 1 amide bonds. The highest BCUT2D eigenvalue weighted by molar-refractivity contribution is 6.02. The number of carbonyl (C=O) groups excluding carboxylic acids is 1. The minimum Gasteiger partial charge on any atom is -0.381 e. The third-order valence-corrected chi connectivity index (χ3v) is 5.29. The molecular formula is C20H21N7O2. The van der Waals surface area contributed by atoms with E-state index in [9.17, 15) is 4.79 Å². The molecule has 148 valence electrons. The van der Waals surface area contributed by atoms with Crippen molar-refractivity contribution in [3.63, 3.8) is 0 Å². The van der Waals surface area contributed by atoms with E-state index < -0.39 is 0 Å². The fourth-order valence-corrected chi connectivity index (χ4v) is 3.69. The van der Waals surface area contributed by atoms with Crippen LogP contribution in [0.3, 0.4) is 0 Å². The Bertz CT molecular complexity index is 1190. The van der Waals surface area contributed by atoms with Crippen molar-refractivity contribution in [1.29, 1.82) is 0 Å². The number of hydrogen-bond donors (Lipinski definition) is 3. The standard InChI is InChI=1S/C20H21N7O2/c1-21-20-23-10-15-14(9-22-18(15)26-20)12-2-5-27-17(8-12)16(11-24-27)19(28)25-13-3-6-29-7-4-13/h2,5,8-11,13H,3-4,6-7H2,1H3,(H,25,28)(H2,21,22,23,26). The van der Waals surface area contributed by atoms with E-state index in [1.165, 1.54) is 0 Å². The smallest absolute Gasteiger partial charge is 0.255 e. The van der Waals surface area contributed by atoms with Crippen molar-refractivity contribution in [2.75, 3.05) is 25.6 Å². The Morgan fingerprint density at radius 2 is 2.17 bits per heavy atom. The number of hydrogen-bond acceptors (Lipinski definition) is 6. The van der Waals surface area contributed by atoms with Crippen LogP contribution in [-0.4, -0.2) is 56.8 Å². The number of nitrogens with one attached hydrogen (secondary N) is 3. The van der Waals surface area contributed by atoms with Crippen molar-refractivity contribution in [2.45, 2.75) is 18.9 Å². The predicted octanol–water partition coefficient (Wildman–Crippen LogP) is 2.22. The number of aromatic nitrogens is 5. The summed E-state index contributed by atoms with van der Waals surface area (Å²) in [5.41, 5.74) is 4.01. The van der Waals surface area contributed by atoms with Crippen LogP contribution in [0.15, 0.2) is 36.9 Å². The van der Waals surface area contributed by atoms with Crippen LogP contribution in [0.2, 0.25) is 0 Å². The molecule has 0 unspecified atom stereocenters. The first kappa shape index (κ1) is 17.6. The highest BCUT2D eigenvalue weighted by atomic mass is 16.5. The molecule has 5 heterocycles. The molecule has 29 heavy (non-hydrogen) atoms. The van der Waals surface area contributed by atoms with E-state index in [0.717, 1.165) is 40.5 Å². The maximum absolute atomic E-state index is 12.8. The molecule has 0 saturated carbocycles. The fraction of sp³-hybridized carbons (Fsp3) is 0.300. The Balaban J connectivity index is 1.50. The zero-order chi connectivity index (χ0) is 19.8. The van der Waals surface area contributed by atoms with E-state index >= 15 is 0 Å². The van der Waals surface area contributed by atoms with Gasteiger partial charge < -0.3 is 20.4 Å². The number of nitrogens with zero attached hydrogens (tertiary/aromatic N) is 4. The van der Waals surface area contributed by atoms with E-state index in [1.54, 1.807) is 24.0 Å². The van der Waals surface area contributed by atoms with Gasteiger partial charge in [-0.1, -0.05) is 0 Å². The number of amides is 1. The minimum absolute atomic E-state index is 0.107. The van der Waals surface area contributed by atoms with Crippen LogP contribution in [0.5, 0.6) is 0 Å². The summed E-state index contributed by atoms with van der Waals surface area (Å²) in [6.07, 6.45) is 8.84. The third-order valence-electron chi connectivity index (χ3n) is 5.29. The molecule has 5 rings (SSSR count). The number of anilines is 1. The monoisotopic (exact) mass is 391 g/mol. The molecule has 4 aromatic heterocycles. The van der Waals surface area contributed by atoms with Crippen LogP contribution in [0.1, 0.15) is 23.2 Å². The Morgan fingerprint density at radius 1 is 1.31 bits per heavy atom. The molecule has 0 bridgehead atoms. The largest absolute Gasteiger partial charge is 0.381 e. The molecule has 0 atom stereocenters. The van der Waals surface area contributed by atoms with E-state index in [2.05, 4.69) is 30.7 Å². The number of rotatable bonds is 4. The Kier molecular flexibility index (Phi) is 4.36. The summed E-state index contributed by atoms with van der Waals surface area (Å²) in [6.45, 7) is 1.36. The van der Waals surface area contributed by atoms with Crippen LogP contribution in [0.25, 0.3) is 27.7 Å². The first-order valence-electron chi connectivity index (χ1n) is 9.61. The summed E-state index contributed by atoms with van der Waals surface area (Å²) in [5, 5.41) is 11.3. The van der Waals surface area contributed by atoms with Gasteiger partial charge in [-0.2, -0.15) is 10.1 Å². The van der Waals surface area contributed by atoms with Gasteiger partial charge in [-0.15, -0.1) is 0 Å². The topological polar surface area (TPSA) is 109 Å². The van der Waals surface area contributed by atoms with Gasteiger partial charge in [0.2, 0.25) is 5.95 Å². The molecule has 0 spiro atoms. The Labute approximate surface area is 166 Å². The lowest BCUT2D eigenvalue weighted by Gasteiger charge is -2.22. The number of carbonyl (C=O) groups is 1. The fourth-order valence-electron chi connectivity index (χ4n) is 3.69. The second-order valence-corrected chi connectivity index (χ2v) is 7.07. The van der Waals surface area contributed by atoms with Crippen LogP contribution in [-0.2, 0) is 4.74 Å². The van der Waals surface area contributed by atoms with E-state index in [-0.39, 0.29) is 11.9 Å². The number of pyridine rings is 1. The van der Waals surface area contributed by atoms with Gasteiger partial charge in [0.1, 0.15) is 5.65 Å². The molecule has 1 aliphatic rings. The number of ether oxygens (including phenoxy) is 1. The van der Waals surface area contributed by atoms with E-state index in [1.807, 2.05) is 24.5 Å². The third kappa shape index (κ3) is 3.19. The lowest BCUT2D eigenvalue weighted by Crippen LogP contribution is -2.38. The second-order valence-electron chi connectivity index (χ2n) is 7.07. The van der Waals surface area contributed by atoms with Gasteiger partial charge in [-0.3, -0.25) is 4.79 Å². The summed E-state index contributed by atoms with van der Waals surface area (Å²) in [6, 6.07) is 4.08. The molecule has 0 aliphatic carbocycles. The first-order valence-corrected chi connectivity index (χ1v) is 9.61. The SMILES string of the molecule is CNc1ncc2c(-c3ccn4ncc(C(=O)NC5CCOCC5)c4c3)c[nH]c2n1. The van der Waals surface area contributed by atoms with Gasteiger partial charge in [0.25, 0.3) is 5.91 Å². The van der Waals surface area contributed by atoms with Crippen LogP contribution in [0.4, 0.5) is 5.95 Å². The van der Waals surface area contributed by atoms with Crippen molar-refractivity contribution in [2.24, 2.45) is 0 Å². The number of aromatic amines is 1. The average molecular weight is 391 g/mol. The number of fused-ring (bicyclic) bond motifs is 2. The van der Waals surface area contributed by atoms with Crippen molar-refractivity contribution in [3.05, 3.63) is 42.5 Å². The normalized spacial score (nSPS) is 15.1. The number of H-pyrrole nitrogens is 1. The maximum Gasteiger partial charge on any atom is 0.255 e. The average Bonchev–Trinajstić information content (AvgIpc) is 3.37. The highest BCUT2D eigenvalue weighted by Crippen LogP contribution is 2.29. The highest BCUT2D eigenvalue weighted by Gasteiger charge is 2.20. The molecule has 3 N–H and O–H groups in total. The van der Waals surface area contributed by atoms with Gasteiger partial charge in [-0.05, 0) is 30.5 Å². The molecular weight excluding hydrogens is 370 g/mol. The molecule has 1 aliphatic heterocycles. The Hall–Kier alpha value is -3.46. The van der Waals surface area contributed by atoms with Gasteiger partial charge in [0.05, 0.1) is 17.3 Å². The zero-order valence-corrected chi connectivity index (χ0v) is 16.0. The summed E-state index contributed by atoms with van der Waals surface area (Å²) < 4.78 is 7.08. The van der Waals surface area contributed by atoms with Crippen molar-refractivity contribution >= 4 is 28.4 Å². The van der Waals surface area contributed by atoms with Crippen LogP contribution in [0, 0.1) is 0 Å². The summed E-state index contributed by atoms with van der Waals surface area (Å²) in [4.78, 5) is 24.8. The molecule has 9 nitrogen and oxygen atoms in total. The van der Waals surface area contributed by atoms with Crippen LogP contribution < -0.4 is 10.6 Å². The molecule has 1 fully saturated rings. The maximum atomic E-state index is 12.8. The molecule has 4 aromatic rings. The molecule has 9 heteroatoms. The van der Waals surface area contributed by atoms with E-state index in [4.69, 9.17) is 4.74 Å². The lowest BCUT2D eigenvalue weighted by molar-refractivity contribution is 0.0697. The summed E-state index contributed by atoms with van der Waals surface area (Å²) in [7, 11) is 1.78. The van der Waals surface area contributed by atoms with Gasteiger partial charge in [0, 0.05) is 55.8 Å². The second kappa shape index (κ2) is 7.17. The van der Waals surface area contributed by atoms with Crippen molar-refractivity contribution in [1.82, 2.24) is 29.9 Å². The quantitative estimate of drug-likeness (QED) is 0.492.